The van der Waals surface area contributed by atoms with Gasteiger partial charge in [-0.1, -0.05) is 152 Å². The van der Waals surface area contributed by atoms with Gasteiger partial charge in [-0.15, -0.1) is 0 Å². The molecule has 0 amide bonds. The topological polar surface area (TPSA) is 9.86 Å². The zero-order valence-electron chi connectivity index (χ0n) is 30.7. The average molecular weight is 713 g/mol. The number of aromatic nitrogens is 2. The molecule has 262 valence electrons. The van der Waals surface area contributed by atoms with Crippen molar-refractivity contribution in [2.45, 2.75) is 0 Å². The van der Waals surface area contributed by atoms with E-state index in [4.69, 9.17) is 0 Å². The van der Waals surface area contributed by atoms with Crippen LogP contribution in [0.4, 0.5) is 0 Å². The number of hydrogen-bond donors (Lipinski definition) is 0. The summed E-state index contributed by atoms with van der Waals surface area (Å²) in [7, 11) is 0. The Morgan fingerprint density at radius 1 is 0.196 bits per heavy atom. The summed E-state index contributed by atoms with van der Waals surface area (Å²) in [6.45, 7) is 0. The summed E-state index contributed by atoms with van der Waals surface area (Å²) in [5.74, 6) is 0. The average Bonchev–Trinajstić information content (AvgIpc) is 3.79. The Bertz CT molecular complexity index is 3150. The van der Waals surface area contributed by atoms with Crippen molar-refractivity contribution in [1.82, 2.24) is 9.13 Å². The van der Waals surface area contributed by atoms with Crippen LogP contribution in [0.5, 0.6) is 0 Å². The van der Waals surface area contributed by atoms with Crippen LogP contribution in [0.3, 0.4) is 0 Å². The fourth-order valence-corrected chi connectivity index (χ4v) is 8.63. The molecule has 2 heterocycles. The van der Waals surface area contributed by atoms with E-state index in [-0.39, 0.29) is 0 Å². The van der Waals surface area contributed by atoms with Crippen molar-refractivity contribution in [3.8, 4) is 55.9 Å². The molecule has 2 aromatic heterocycles. The maximum atomic E-state index is 2.44. The second-order valence-electron chi connectivity index (χ2n) is 14.6. The van der Waals surface area contributed by atoms with Crippen LogP contribution in [0.1, 0.15) is 0 Å². The van der Waals surface area contributed by atoms with Gasteiger partial charge in [0.1, 0.15) is 0 Å². The largest absolute Gasteiger partial charge is 0.309 e. The molecule has 0 unspecified atom stereocenters. The van der Waals surface area contributed by atoms with Gasteiger partial charge >= 0.3 is 0 Å². The fraction of sp³-hybridized carbons (Fsp3) is 0. The summed E-state index contributed by atoms with van der Waals surface area (Å²) in [4.78, 5) is 0. The highest BCUT2D eigenvalue weighted by Gasteiger charge is 2.17. The molecule has 0 aliphatic carbocycles. The Balaban J connectivity index is 1.06. The number of fused-ring (bicyclic) bond motifs is 6. The second-order valence-corrected chi connectivity index (χ2v) is 14.6. The van der Waals surface area contributed by atoms with Crippen molar-refractivity contribution in [3.05, 3.63) is 218 Å². The highest BCUT2D eigenvalue weighted by atomic mass is 15.0. The van der Waals surface area contributed by atoms with Crippen LogP contribution in [0.15, 0.2) is 218 Å². The summed E-state index contributed by atoms with van der Waals surface area (Å²) in [5, 5.41) is 4.98. The molecule has 0 radical (unpaired) electrons. The van der Waals surface area contributed by atoms with Gasteiger partial charge in [-0.05, 0) is 111 Å². The molecule has 0 aliphatic rings. The minimum atomic E-state index is 1.15. The van der Waals surface area contributed by atoms with Gasteiger partial charge in [-0.3, -0.25) is 0 Å². The van der Waals surface area contributed by atoms with Gasteiger partial charge in [-0.2, -0.15) is 0 Å². The summed E-state index contributed by atoms with van der Waals surface area (Å²) >= 11 is 0. The van der Waals surface area contributed by atoms with E-state index in [0.29, 0.717) is 0 Å². The third-order valence-corrected chi connectivity index (χ3v) is 11.3. The Morgan fingerprint density at radius 3 is 1.04 bits per heavy atom. The molecule has 0 bridgehead atoms. The van der Waals surface area contributed by atoms with E-state index in [1.165, 1.54) is 88.1 Å². The van der Waals surface area contributed by atoms with Gasteiger partial charge in [0, 0.05) is 32.9 Å². The van der Waals surface area contributed by atoms with E-state index in [1.807, 2.05) is 0 Å². The number of hydrogen-bond acceptors (Lipinski definition) is 0. The lowest BCUT2D eigenvalue weighted by Crippen LogP contribution is -1.96. The number of rotatable bonds is 6. The fourth-order valence-electron chi connectivity index (χ4n) is 8.63. The van der Waals surface area contributed by atoms with Crippen LogP contribution >= 0.6 is 0 Å². The van der Waals surface area contributed by atoms with Crippen LogP contribution in [0.25, 0.3) is 99.5 Å². The normalized spacial score (nSPS) is 11.6. The van der Waals surface area contributed by atoms with Crippen molar-refractivity contribution in [1.29, 1.82) is 0 Å². The Labute approximate surface area is 325 Å². The van der Waals surface area contributed by atoms with Gasteiger partial charge in [0.25, 0.3) is 0 Å². The first kappa shape index (κ1) is 32.0. The van der Waals surface area contributed by atoms with Crippen LogP contribution < -0.4 is 0 Å². The third kappa shape index (κ3) is 5.34. The van der Waals surface area contributed by atoms with Gasteiger partial charge in [0.05, 0.1) is 22.1 Å². The van der Waals surface area contributed by atoms with Crippen molar-refractivity contribution < 1.29 is 0 Å². The lowest BCUT2D eigenvalue weighted by molar-refractivity contribution is 1.18. The Morgan fingerprint density at radius 2 is 0.554 bits per heavy atom. The highest BCUT2D eigenvalue weighted by Crippen LogP contribution is 2.40. The monoisotopic (exact) mass is 712 g/mol. The molecule has 0 atom stereocenters. The zero-order valence-corrected chi connectivity index (χ0v) is 30.7. The molecule has 0 spiro atoms. The van der Waals surface area contributed by atoms with Crippen LogP contribution in [0.2, 0.25) is 0 Å². The molecule has 2 nitrogen and oxygen atoms in total. The van der Waals surface area contributed by atoms with E-state index in [2.05, 4.69) is 228 Å². The van der Waals surface area contributed by atoms with E-state index in [0.717, 1.165) is 11.4 Å². The summed E-state index contributed by atoms with van der Waals surface area (Å²) in [6, 6.07) is 79.4. The van der Waals surface area contributed by atoms with E-state index >= 15 is 0 Å². The first-order chi connectivity index (χ1) is 27.8. The SMILES string of the molecule is c1ccc(-c2ccc(-n3c4ccccc4c4cc(-c5ccc6c(c5)c5ccccc5n6-c5cc(-c6ccccc6)cc(-c6ccccc6)c5)ccc43)cc2)cc1. The Hall–Kier alpha value is -7.42. The van der Waals surface area contributed by atoms with Crippen LogP contribution in [-0.2, 0) is 0 Å². The first-order valence-electron chi connectivity index (χ1n) is 19.3. The van der Waals surface area contributed by atoms with Crippen molar-refractivity contribution >= 4 is 43.6 Å². The molecule has 0 fully saturated rings. The summed E-state index contributed by atoms with van der Waals surface area (Å²) < 4.78 is 4.83. The minimum Gasteiger partial charge on any atom is -0.309 e. The molecule has 11 aromatic rings. The molecule has 11 rings (SSSR count). The standard InChI is InChI=1S/C54H36N2/c1-4-14-37(15-5-1)40-24-28-45(29-25-40)55-51-22-12-10-20-47(51)49-35-41(26-30-53(49)55)42-27-31-54-50(36-42)48-21-11-13-23-52(48)56(54)46-33-43(38-16-6-2-7-17-38)32-44(34-46)39-18-8-3-9-19-39/h1-36H. The van der Waals surface area contributed by atoms with Crippen LogP contribution in [-0.4, -0.2) is 9.13 Å². The molecule has 0 N–H and O–H groups in total. The number of nitrogens with zero attached hydrogens (tertiary/aromatic N) is 2. The maximum absolute atomic E-state index is 2.44. The quantitative estimate of drug-likeness (QED) is 0.162. The van der Waals surface area contributed by atoms with Gasteiger partial charge in [-0.25, -0.2) is 0 Å². The first-order valence-corrected chi connectivity index (χ1v) is 19.3. The highest BCUT2D eigenvalue weighted by molar-refractivity contribution is 6.12. The third-order valence-electron chi connectivity index (χ3n) is 11.3. The van der Waals surface area contributed by atoms with Crippen molar-refractivity contribution in [2.75, 3.05) is 0 Å². The molecule has 9 aromatic carbocycles. The molecule has 0 saturated heterocycles. The maximum Gasteiger partial charge on any atom is 0.0541 e. The smallest absolute Gasteiger partial charge is 0.0541 e. The lowest BCUT2D eigenvalue weighted by Gasteiger charge is -2.14. The van der Waals surface area contributed by atoms with Gasteiger partial charge in [0.2, 0.25) is 0 Å². The molecule has 2 heteroatoms. The second kappa shape index (κ2) is 13.2. The lowest BCUT2D eigenvalue weighted by atomic mass is 9.98. The number of para-hydroxylation sites is 2. The molecular formula is C54H36N2. The molecule has 56 heavy (non-hydrogen) atoms. The predicted octanol–water partition coefficient (Wildman–Crippen LogP) is 14.5. The number of benzene rings is 9. The Kier molecular flexibility index (Phi) is 7.53. The predicted molar refractivity (Wildman–Crippen MR) is 237 cm³/mol. The van der Waals surface area contributed by atoms with Crippen LogP contribution in [0, 0.1) is 0 Å². The minimum absolute atomic E-state index is 1.15. The molecule has 0 saturated carbocycles. The summed E-state index contributed by atoms with van der Waals surface area (Å²) in [5.41, 5.74) is 16.8. The van der Waals surface area contributed by atoms with Gasteiger partial charge < -0.3 is 9.13 Å². The van der Waals surface area contributed by atoms with Gasteiger partial charge in [0.15, 0.2) is 0 Å². The molecular weight excluding hydrogens is 677 g/mol. The van der Waals surface area contributed by atoms with Crippen molar-refractivity contribution in [2.24, 2.45) is 0 Å². The zero-order chi connectivity index (χ0) is 37.0. The van der Waals surface area contributed by atoms with E-state index in [1.54, 1.807) is 0 Å². The van der Waals surface area contributed by atoms with E-state index in [9.17, 15) is 0 Å². The van der Waals surface area contributed by atoms with E-state index < -0.39 is 0 Å². The molecule has 0 aliphatic heterocycles. The summed E-state index contributed by atoms with van der Waals surface area (Å²) in [6.07, 6.45) is 0. The van der Waals surface area contributed by atoms with Crippen molar-refractivity contribution in [3.63, 3.8) is 0 Å².